The van der Waals surface area contributed by atoms with Gasteiger partial charge in [-0.3, -0.25) is 13.8 Å². The molecule has 0 fully saturated rings. The quantitative estimate of drug-likeness (QED) is 0.440. The molecule has 2 atom stereocenters. The first-order valence-electron chi connectivity index (χ1n) is 10.2. The Balaban J connectivity index is 1.84. The lowest BCUT2D eigenvalue weighted by molar-refractivity contribution is -0.188. The third-order valence-corrected chi connectivity index (χ3v) is 7.16. The number of ether oxygens (including phenoxy) is 2. The van der Waals surface area contributed by atoms with Crippen LogP contribution >= 0.6 is 0 Å². The summed E-state index contributed by atoms with van der Waals surface area (Å²) in [5, 5.41) is 0.777. The predicted molar refractivity (Wildman–Crippen MR) is 116 cm³/mol. The second-order valence-corrected chi connectivity index (χ2v) is 9.22. The highest BCUT2D eigenvalue weighted by Gasteiger charge is 2.50. The van der Waals surface area contributed by atoms with Crippen LogP contribution in [0.25, 0.3) is 22.3 Å². The molecule has 164 valence electrons. The van der Waals surface area contributed by atoms with E-state index in [1.807, 2.05) is 24.3 Å². The van der Waals surface area contributed by atoms with Gasteiger partial charge in [0.15, 0.2) is 0 Å². The highest BCUT2D eigenvalue weighted by atomic mass is 32.2. The molecule has 3 aromatic rings. The van der Waals surface area contributed by atoms with Crippen LogP contribution in [0.5, 0.6) is 0 Å². The number of carbonyl (C=O) groups excluding carboxylic acids is 2. The molecule has 0 aliphatic carbocycles. The van der Waals surface area contributed by atoms with Crippen LogP contribution in [0.1, 0.15) is 37.0 Å². The van der Waals surface area contributed by atoms with Crippen molar-refractivity contribution in [2.75, 3.05) is 6.26 Å². The Hall–Kier alpha value is -3.33. The number of aromatic nitrogens is 2. The summed E-state index contributed by atoms with van der Waals surface area (Å²) in [6, 6.07) is 9.10. The zero-order valence-corrected chi connectivity index (χ0v) is 18.6. The first-order chi connectivity index (χ1) is 15.3. The van der Waals surface area contributed by atoms with Gasteiger partial charge in [-0.1, -0.05) is 25.1 Å². The summed E-state index contributed by atoms with van der Waals surface area (Å²) in [4.78, 5) is 43.5. The summed E-state index contributed by atoms with van der Waals surface area (Å²) in [6.45, 7) is 2.92. The Bertz CT molecular complexity index is 1430. The summed E-state index contributed by atoms with van der Waals surface area (Å²) in [7, 11) is -1.32. The molecule has 9 heteroatoms. The Morgan fingerprint density at radius 2 is 2.03 bits per heavy atom. The molecule has 2 aromatic heterocycles. The Kier molecular flexibility index (Phi) is 4.56. The number of fused-ring (bicyclic) bond motifs is 5. The van der Waals surface area contributed by atoms with Gasteiger partial charge in [-0.05, 0) is 18.6 Å². The molecule has 2 aliphatic rings. The number of benzene rings is 1. The van der Waals surface area contributed by atoms with E-state index in [9.17, 15) is 18.6 Å². The van der Waals surface area contributed by atoms with E-state index in [-0.39, 0.29) is 30.7 Å². The number of esters is 2. The van der Waals surface area contributed by atoms with Gasteiger partial charge in [0, 0.05) is 29.7 Å². The monoisotopic (exact) mass is 452 g/mol. The van der Waals surface area contributed by atoms with Crippen molar-refractivity contribution in [3.63, 3.8) is 0 Å². The van der Waals surface area contributed by atoms with Crippen molar-refractivity contribution in [1.82, 2.24) is 9.55 Å². The van der Waals surface area contributed by atoms with Crippen molar-refractivity contribution in [1.29, 1.82) is 0 Å². The van der Waals surface area contributed by atoms with Gasteiger partial charge < -0.3 is 14.0 Å². The van der Waals surface area contributed by atoms with Gasteiger partial charge in [0.1, 0.15) is 6.61 Å². The summed E-state index contributed by atoms with van der Waals surface area (Å²) < 4.78 is 25.0. The molecule has 0 amide bonds. The molecule has 5 rings (SSSR count). The normalized spacial score (nSPS) is 19.7. The molecule has 4 heterocycles. The minimum atomic E-state index is -1.69. The number of pyridine rings is 2. The summed E-state index contributed by atoms with van der Waals surface area (Å²) in [5.74, 6) is -1.35. The fourth-order valence-corrected chi connectivity index (χ4v) is 5.71. The Labute approximate surface area is 185 Å². The largest absolute Gasteiger partial charge is 0.457 e. The van der Waals surface area contributed by atoms with Gasteiger partial charge in [0.05, 0.1) is 44.7 Å². The average molecular weight is 452 g/mol. The molecule has 0 spiro atoms. The fourth-order valence-electron chi connectivity index (χ4n) is 4.72. The average Bonchev–Trinajstić information content (AvgIpc) is 3.12. The SMILES string of the molecule is CC[C@@]1(OC(C)=O)C(=O)OCc2c1cc1n(c2=O)Cc2c-1nc1ccccc1c2S(C)=O. The predicted octanol–water partition coefficient (Wildman–Crippen LogP) is 2.39. The topological polar surface area (TPSA) is 105 Å². The van der Waals surface area contributed by atoms with Crippen molar-refractivity contribution in [3.05, 3.63) is 57.4 Å². The Morgan fingerprint density at radius 1 is 1.28 bits per heavy atom. The van der Waals surface area contributed by atoms with Crippen molar-refractivity contribution in [2.45, 2.75) is 43.9 Å². The van der Waals surface area contributed by atoms with Crippen molar-refractivity contribution >= 4 is 33.6 Å². The summed E-state index contributed by atoms with van der Waals surface area (Å²) in [5.41, 5.74) is 0.982. The molecule has 0 saturated heterocycles. The van der Waals surface area contributed by atoms with E-state index in [0.29, 0.717) is 32.9 Å². The lowest BCUT2D eigenvalue weighted by atomic mass is 9.85. The van der Waals surface area contributed by atoms with Crippen LogP contribution in [0, 0.1) is 0 Å². The maximum Gasteiger partial charge on any atom is 0.355 e. The number of rotatable bonds is 3. The van der Waals surface area contributed by atoms with E-state index in [1.54, 1.807) is 23.8 Å². The lowest BCUT2D eigenvalue weighted by Crippen LogP contribution is -2.47. The lowest BCUT2D eigenvalue weighted by Gasteiger charge is -2.35. The van der Waals surface area contributed by atoms with E-state index < -0.39 is 28.3 Å². The van der Waals surface area contributed by atoms with Crippen molar-refractivity contribution < 1.29 is 23.3 Å². The van der Waals surface area contributed by atoms with Crippen LogP contribution in [0.4, 0.5) is 0 Å². The van der Waals surface area contributed by atoms with Crippen LogP contribution in [0.3, 0.4) is 0 Å². The smallest absolute Gasteiger partial charge is 0.355 e. The van der Waals surface area contributed by atoms with Crippen LogP contribution in [0.15, 0.2) is 40.0 Å². The molecule has 1 aromatic carbocycles. The molecule has 32 heavy (non-hydrogen) atoms. The zero-order chi connectivity index (χ0) is 22.8. The number of nitrogens with zero attached hydrogens (tertiary/aromatic N) is 2. The molecule has 8 nitrogen and oxygen atoms in total. The minimum absolute atomic E-state index is 0.115. The highest BCUT2D eigenvalue weighted by Crippen LogP contribution is 2.42. The molecule has 0 N–H and O–H groups in total. The van der Waals surface area contributed by atoms with E-state index in [2.05, 4.69) is 0 Å². The second-order valence-electron chi connectivity index (χ2n) is 7.90. The first-order valence-corrected chi connectivity index (χ1v) is 11.7. The maximum atomic E-state index is 13.5. The fraction of sp³-hybridized carbons (Fsp3) is 0.304. The van der Waals surface area contributed by atoms with Gasteiger partial charge in [-0.15, -0.1) is 0 Å². The maximum absolute atomic E-state index is 13.5. The third-order valence-electron chi connectivity index (χ3n) is 6.12. The number of hydrogen-bond donors (Lipinski definition) is 0. The molecule has 0 bridgehead atoms. The second kappa shape index (κ2) is 7.09. The molecule has 1 unspecified atom stereocenters. The van der Waals surface area contributed by atoms with E-state index >= 15 is 0 Å². The van der Waals surface area contributed by atoms with E-state index in [1.165, 1.54) is 6.92 Å². The van der Waals surface area contributed by atoms with E-state index in [0.717, 1.165) is 5.39 Å². The third kappa shape index (κ3) is 2.70. The summed E-state index contributed by atoms with van der Waals surface area (Å²) >= 11 is 0. The summed E-state index contributed by atoms with van der Waals surface area (Å²) in [6.07, 6.45) is 1.72. The first kappa shape index (κ1) is 20.6. The molecular formula is C23H20N2O6S. The molecular weight excluding hydrogens is 432 g/mol. The van der Waals surface area contributed by atoms with Gasteiger partial charge in [0.25, 0.3) is 5.56 Å². The van der Waals surface area contributed by atoms with Crippen LogP contribution in [0.2, 0.25) is 0 Å². The van der Waals surface area contributed by atoms with Gasteiger partial charge in [-0.25, -0.2) is 9.78 Å². The molecule has 2 aliphatic heterocycles. The number of para-hydroxylation sites is 1. The van der Waals surface area contributed by atoms with Gasteiger partial charge in [0.2, 0.25) is 5.60 Å². The van der Waals surface area contributed by atoms with Crippen molar-refractivity contribution in [2.24, 2.45) is 0 Å². The van der Waals surface area contributed by atoms with Gasteiger partial charge in [-0.2, -0.15) is 0 Å². The van der Waals surface area contributed by atoms with E-state index in [4.69, 9.17) is 14.5 Å². The van der Waals surface area contributed by atoms with Crippen LogP contribution in [-0.4, -0.2) is 32.0 Å². The zero-order valence-electron chi connectivity index (χ0n) is 17.8. The standard InChI is InChI=1S/C23H20N2O6S/c1-4-23(31-12(2)26)16-9-18-19-14(10-25(18)21(27)15(16)11-30-22(23)28)20(32(3)29)13-7-5-6-8-17(13)24-19/h5-9H,4,10-11H2,1-3H3/t23-,32?/m0/s1. The number of hydrogen-bond acceptors (Lipinski definition) is 7. The van der Waals surface area contributed by atoms with Crippen molar-refractivity contribution in [3.8, 4) is 11.4 Å². The number of cyclic esters (lactones) is 1. The molecule has 0 saturated carbocycles. The number of carbonyl (C=O) groups is 2. The molecule has 0 radical (unpaired) electrons. The highest BCUT2D eigenvalue weighted by molar-refractivity contribution is 7.84. The van der Waals surface area contributed by atoms with Crippen LogP contribution in [-0.2, 0) is 48.6 Å². The van der Waals surface area contributed by atoms with Gasteiger partial charge >= 0.3 is 11.9 Å². The Morgan fingerprint density at radius 3 is 2.72 bits per heavy atom. The van der Waals surface area contributed by atoms with Crippen LogP contribution < -0.4 is 5.56 Å². The minimum Gasteiger partial charge on any atom is -0.457 e.